The molecular weight excluding hydrogens is 446 g/mol. The first-order valence-corrected chi connectivity index (χ1v) is 10.7. The van der Waals surface area contributed by atoms with Crippen molar-refractivity contribution in [3.05, 3.63) is 130 Å². The van der Waals surface area contributed by atoms with E-state index in [2.05, 4.69) is 10.6 Å². The number of amides is 2. The Hall–Kier alpha value is -4.98. The highest BCUT2D eigenvalue weighted by Gasteiger charge is 2.17. The molecule has 8 nitrogen and oxygen atoms in total. The van der Waals surface area contributed by atoms with Crippen molar-refractivity contribution in [3.8, 4) is 0 Å². The van der Waals surface area contributed by atoms with Gasteiger partial charge in [-0.3, -0.25) is 19.7 Å². The number of benzene rings is 3. The van der Waals surface area contributed by atoms with Crippen LogP contribution in [0.3, 0.4) is 0 Å². The summed E-state index contributed by atoms with van der Waals surface area (Å²) in [6, 6.07) is 25.1. The number of furan rings is 1. The lowest BCUT2D eigenvalue weighted by atomic mass is 10.0. The van der Waals surface area contributed by atoms with Gasteiger partial charge in [0.15, 0.2) is 0 Å². The van der Waals surface area contributed by atoms with Crippen molar-refractivity contribution >= 4 is 34.8 Å². The quantitative estimate of drug-likeness (QED) is 0.158. The number of nitrogens with one attached hydrogen (secondary N) is 2. The molecule has 0 radical (unpaired) electrons. The Kier molecular flexibility index (Phi) is 7.13. The van der Waals surface area contributed by atoms with Crippen molar-refractivity contribution < 1.29 is 18.9 Å². The van der Waals surface area contributed by atoms with Crippen molar-refractivity contribution in [1.82, 2.24) is 5.32 Å². The molecule has 0 fully saturated rings. The number of hydrogen-bond acceptors (Lipinski definition) is 5. The minimum atomic E-state index is -0.489. The molecule has 1 aromatic heterocycles. The second-order valence-electron chi connectivity index (χ2n) is 7.54. The van der Waals surface area contributed by atoms with Crippen LogP contribution in [-0.2, 0) is 11.3 Å². The van der Waals surface area contributed by atoms with Gasteiger partial charge in [0.2, 0.25) is 0 Å². The van der Waals surface area contributed by atoms with Gasteiger partial charge in [0.25, 0.3) is 17.5 Å². The molecule has 0 atom stereocenters. The summed E-state index contributed by atoms with van der Waals surface area (Å²) in [7, 11) is 0. The lowest BCUT2D eigenvalue weighted by molar-refractivity contribution is -0.384. The minimum absolute atomic E-state index is 0.0786. The zero-order chi connectivity index (χ0) is 24.6. The number of rotatable bonds is 8. The van der Waals surface area contributed by atoms with Crippen molar-refractivity contribution in [1.29, 1.82) is 0 Å². The fourth-order valence-electron chi connectivity index (χ4n) is 3.45. The smallest absolute Gasteiger partial charge is 0.270 e. The van der Waals surface area contributed by atoms with Gasteiger partial charge in [0, 0.05) is 17.7 Å². The maximum Gasteiger partial charge on any atom is 0.270 e. The van der Waals surface area contributed by atoms with E-state index in [-0.39, 0.29) is 29.3 Å². The average molecular weight is 467 g/mol. The third kappa shape index (κ3) is 5.88. The second kappa shape index (κ2) is 10.8. The summed E-state index contributed by atoms with van der Waals surface area (Å²) in [5.41, 5.74) is 1.95. The molecule has 0 aliphatic rings. The van der Waals surface area contributed by atoms with Crippen molar-refractivity contribution in [2.24, 2.45) is 0 Å². The van der Waals surface area contributed by atoms with E-state index in [1.807, 2.05) is 6.07 Å². The van der Waals surface area contributed by atoms with Gasteiger partial charge >= 0.3 is 0 Å². The molecule has 0 aliphatic carbocycles. The average Bonchev–Trinajstić information content (AvgIpc) is 3.40. The largest absolute Gasteiger partial charge is 0.467 e. The Morgan fingerprint density at radius 2 is 1.69 bits per heavy atom. The van der Waals surface area contributed by atoms with E-state index in [1.165, 1.54) is 18.4 Å². The van der Waals surface area contributed by atoms with Crippen LogP contribution in [0.25, 0.3) is 11.6 Å². The summed E-state index contributed by atoms with van der Waals surface area (Å²) < 4.78 is 5.24. The molecule has 0 aliphatic heterocycles. The van der Waals surface area contributed by atoms with Gasteiger partial charge in [-0.25, -0.2) is 0 Å². The first-order valence-electron chi connectivity index (χ1n) is 10.7. The van der Waals surface area contributed by atoms with E-state index in [9.17, 15) is 19.7 Å². The predicted molar refractivity (Wildman–Crippen MR) is 132 cm³/mol. The number of nitro benzene ring substituents is 1. The summed E-state index contributed by atoms with van der Waals surface area (Å²) in [6.07, 6.45) is 3.10. The molecular formula is C27H21N3O5. The standard InChI is InChI=1S/C27H21N3O5/c31-26(28-18-22-12-7-15-35-22)23-13-4-5-14-25(23)29-27(32)24(20-9-2-1-3-10-20)17-19-8-6-11-21(16-19)30(33)34/h1-17H,18H2,(H,28,31)(H,29,32)/b24-17+. The van der Waals surface area contributed by atoms with Crippen LogP contribution in [0.5, 0.6) is 0 Å². The Bertz CT molecular complexity index is 1380. The first-order chi connectivity index (χ1) is 17.0. The predicted octanol–water partition coefficient (Wildman–Crippen LogP) is 5.30. The molecule has 0 saturated heterocycles. The summed E-state index contributed by atoms with van der Waals surface area (Å²) in [6.45, 7) is 0.204. The highest BCUT2D eigenvalue weighted by molar-refractivity contribution is 6.29. The molecule has 3 aromatic carbocycles. The Morgan fingerprint density at radius 3 is 2.43 bits per heavy atom. The zero-order valence-corrected chi connectivity index (χ0v) is 18.5. The molecule has 0 bridgehead atoms. The highest BCUT2D eigenvalue weighted by Crippen LogP contribution is 2.24. The van der Waals surface area contributed by atoms with Gasteiger partial charge in [-0.2, -0.15) is 0 Å². The van der Waals surface area contributed by atoms with Crippen molar-refractivity contribution in [3.63, 3.8) is 0 Å². The number of non-ortho nitro benzene ring substituents is 1. The number of hydrogen-bond donors (Lipinski definition) is 2. The molecule has 0 saturated carbocycles. The Morgan fingerprint density at radius 1 is 0.914 bits per heavy atom. The summed E-state index contributed by atoms with van der Waals surface area (Å²) in [4.78, 5) is 36.9. The van der Waals surface area contributed by atoms with Crippen LogP contribution in [-0.4, -0.2) is 16.7 Å². The SMILES string of the molecule is O=C(Nc1ccccc1C(=O)NCc1ccco1)/C(=C/c1cccc([N+](=O)[O-])c1)c1ccccc1. The number of anilines is 1. The fourth-order valence-corrected chi connectivity index (χ4v) is 3.45. The molecule has 0 unspecified atom stereocenters. The molecule has 4 aromatic rings. The lowest BCUT2D eigenvalue weighted by Crippen LogP contribution is -2.25. The summed E-state index contributed by atoms with van der Waals surface area (Å²) in [5.74, 6) is -0.235. The Balaban J connectivity index is 1.62. The van der Waals surface area contributed by atoms with Gasteiger partial charge in [-0.15, -0.1) is 0 Å². The third-order valence-electron chi connectivity index (χ3n) is 5.14. The molecule has 35 heavy (non-hydrogen) atoms. The molecule has 8 heteroatoms. The van der Waals surface area contributed by atoms with Crippen LogP contribution in [0.1, 0.15) is 27.2 Å². The fraction of sp³-hybridized carbons (Fsp3) is 0.0370. The first kappa shape index (κ1) is 23.2. The van der Waals surface area contributed by atoms with Crippen LogP contribution in [0.2, 0.25) is 0 Å². The number of carbonyl (C=O) groups is 2. The van der Waals surface area contributed by atoms with Crippen molar-refractivity contribution in [2.75, 3.05) is 5.32 Å². The minimum Gasteiger partial charge on any atom is -0.467 e. The topological polar surface area (TPSA) is 114 Å². The second-order valence-corrected chi connectivity index (χ2v) is 7.54. The van der Waals surface area contributed by atoms with Gasteiger partial charge in [-0.05, 0) is 41.5 Å². The van der Waals surface area contributed by atoms with Gasteiger partial charge in [-0.1, -0.05) is 54.6 Å². The third-order valence-corrected chi connectivity index (χ3v) is 5.14. The number of nitro groups is 1. The number of para-hydroxylation sites is 1. The normalized spacial score (nSPS) is 11.0. The highest BCUT2D eigenvalue weighted by atomic mass is 16.6. The van der Waals surface area contributed by atoms with E-state index in [0.29, 0.717) is 22.6 Å². The summed E-state index contributed by atoms with van der Waals surface area (Å²) >= 11 is 0. The molecule has 2 N–H and O–H groups in total. The van der Waals surface area contributed by atoms with E-state index >= 15 is 0 Å². The van der Waals surface area contributed by atoms with E-state index in [1.54, 1.807) is 78.9 Å². The molecule has 4 rings (SSSR count). The Labute approximate surface area is 201 Å². The van der Waals surface area contributed by atoms with Crippen LogP contribution in [0.4, 0.5) is 11.4 Å². The van der Waals surface area contributed by atoms with Crippen molar-refractivity contribution in [2.45, 2.75) is 6.54 Å². The van der Waals surface area contributed by atoms with E-state index in [0.717, 1.165) is 0 Å². The lowest BCUT2D eigenvalue weighted by Gasteiger charge is -2.13. The van der Waals surface area contributed by atoms with Gasteiger partial charge < -0.3 is 15.1 Å². The van der Waals surface area contributed by atoms with Gasteiger partial charge in [0.05, 0.1) is 29.0 Å². The van der Waals surface area contributed by atoms with Crippen LogP contribution < -0.4 is 10.6 Å². The summed E-state index contributed by atoms with van der Waals surface area (Å²) in [5, 5.41) is 16.8. The number of carbonyl (C=O) groups excluding carboxylic acids is 2. The molecule has 174 valence electrons. The molecule has 2 amide bonds. The van der Waals surface area contributed by atoms with E-state index in [4.69, 9.17) is 4.42 Å². The van der Waals surface area contributed by atoms with Crippen LogP contribution >= 0.6 is 0 Å². The maximum atomic E-state index is 13.4. The monoisotopic (exact) mass is 467 g/mol. The van der Waals surface area contributed by atoms with E-state index < -0.39 is 10.8 Å². The van der Waals surface area contributed by atoms with Crippen LogP contribution in [0.15, 0.2) is 102 Å². The molecule has 0 spiro atoms. The maximum absolute atomic E-state index is 13.4. The van der Waals surface area contributed by atoms with Gasteiger partial charge in [0.1, 0.15) is 5.76 Å². The van der Waals surface area contributed by atoms with Crippen LogP contribution in [0, 0.1) is 10.1 Å². The molecule has 1 heterocycles. The number of nitrogens with zero attached hydrogens (tertiary/aromatic N) is 1. The zero-order valence-electron chi connectivity index (χ0n) is 18.5.